The van der Waals surface area contributed by atoms with Gasteiger partial charge in [0.15, 0.2) is 5.69 Å². The molecule has 3 rings (SSSR count). The fourth-order valence-corrected chi connectivity index (χ4v) is 3.70. The number of oxazole rings is 1. The first-order valence-corrected chi connectivity index (χ1v) is 7.85. The highest BCUT2D eigenvalue weighted by molar-refractivity contribution is 7.19. The normalized spacial score (nSPS) is 11.0. The standard InChI is InChI=1S/C15H14ClN3O2S/c1-19(15(20)10-8-21-13(6-17)18-10)7-12-14(16)9-4-2-3-5-11(9)22-12/h2-5,8H,6-7,17H2,1H3. The van der Waals surface area contributed by atoms with Crippen LogP contribution in [0.25, 0.3) is 10.1 Å². The maximum Gasteiger partial charge on any atom is 0.275 e. The zero-order valence-electron chi connectivity index (χ0n) is 11.9. The van der Waals surface area contributed by atoms with Crippen LogP contribution in [0.15, 0.2) is 34.9 Å². The van der Waals surface area contributed by atoms with Gasteiger partial charge in [0, 0.05) is 22.0 Å². The summed E-state index contributed by atoms with van der Waals surface area (Å²) in [5, 5.41) is 1.71. The van der Waals surface area contributed by atoms with E-state index in [0.717, 1.165) is 15.0 Å². The van der Waals surface area contributed by atoms with E-state index in [1.165, 1.54) is 6.26 Å². The van der Waals surface area contributed by atoms with Crippen LogP contribution in [0, 0.1) is 0 Å². The van der Waals surface area contributed by atoms with Gasteiger partial charge in [0.1, 0.15) is 6.26 Å². The molecule has 0 unspecified atom stereocenters. The monoisotopic (exact) mass is 335 g/mol. The van der Waals surface area contributed by atoms with Crippen molar-refractivity contribution in [3.8, 4) is 0 Å². The van der Waals surface area contributed by atoms with Gasteiger partial charge in [-0.25, -0.2) is 4.98 Å². The molecule has 0 aliphatic heterocycles. The van der Waals surface area contributed by atoms with Crippen molar-refractivity contribution in [2.75, 3.05) is 7.05 Å². The summed E-state index contributed by atoms with van der Waals surface area (Å²) in [7, 11) is 1.71. The van der Waals surface area contributed by atoms with E-state index in [-0.39, 0.29) is 18.1 Å². The highest BCUT2D eigenvalue weighted by Gasteiger charge is 2.19. The van der Waals surface area contributed by atoms with Gasteiger partial charge in [0.25, 0.3) is 5.91 Å². The number of carbonyl (C=O) groups excluding carboxylic acids is 1. The third-order valence-electron chi connectivity index (χ3n) is 3.27. The predicted molar refractivity (Wildman–Crippen MR) is 87.0 cm³/mol. The van der Waals surface area contributed by atoms with Crippen molar-refractivity contribution in [3.05, 3.63) is 52.0 Å². The lowest BCUT2D eigenvalue weighted by molar-refractivity contribution is 0.0780. The Morgan fingerprint density at radius 3 is 2.91 bits per heavy atom. The number of fused-ring (bicyclic) bond motifs is 1. The Hall–Kier alpha value is -1.89. The zero-order valence-corrected chi connectivity index (χ0v) is 13.4. The number of carbonyl (C=O) groups is 1. The molecule has 3 aromatic rings. The molecule has 0 bridgehead atoms. The molecule has 2 aromatic heterocycles. The van der Waals surface area contributed by atoms with Gasteiger partial charge in [-0.3, -0.25) is 4.79 Å². The largest absolute Gasteiger partial charge is 0.447 e. The van der Waals surface area contributed by atoms with Gasteiger partial charge in [0.2, 0.25) is 5.89 Å². The molecule has 0 saturated heterocycles. The Labute approximate surface area is 136 Å². The highest BCUT2D eigenvalue weighted by Crippen LogP contribution is 2.35. The van der Waals surface area contributed by atoms with Gasteiger partial charge in [-0.1, -0.05) is 29.8 Å². The van der Waals surface area contributed by atoms with E-state index in [4.69, 9.17) is 21.8 Å². The molecule has 2 N–H and O–H groups in total. The first-order valence-electron chi connectivity index (χ1n) is 6.66. The van der Waals surface area contributed by atoms with Crippen LogP contribution in [0.1, 0.15) is 21.3 Å². The number of nitrogens with two attached hydrogens (primary N) is 1. The van der Waals surface area contributed by atoms with Crippen molar-refractivity contribution in [2.45, 2.75) is 13.1 Å². The minimum absolute atomic E-state index is 0.166. The first kappa shape index (κ1) is 15.0. The minimum Gasteiger partial charge on any atom is -0.447 e. The molecule has 114 valence electrons. The van der Waals surface area contributed by atoms with Crippen molar-refractivity contribution < 1.29 is 9.21 Å². The van der Waals surface area contributed by atoms with Crippen molar-refractivity contribution >= 4 is 38.9 Å². The van der Waals surface area contributed by atoms with Crippen LogP contribution in [0.2, 0.25) is 5.02 Å². The maximum absolute atomic E-state index is 12.3. The fourth-order valence-electron chi connectivity index (χ4n) is 2.15. The second-order valence-electron chi connectivity index (χ2n) is 4.83. The molecule has 2 heterocycles. The number of rotatable bonds is 4. The van der Waals surface area contributed by atoms with Crippen molar-refractivity contribution in [1.82, 2.24) is 9.88 Å². The average Bonchev–Trinajstić information content (AvgIpc) is 3.12. The Kier molecular flexibility index (Phi) is 4.15. The van der Waals surface area contributed by atoms with Gasteiger partial charge < -0.3 is 15.1 Å². The van der Waals surface area contributed by atoms with Gasteiger partial charge in [0.05, 0.1) is 18.1 Å². The van der Waals surface area contributed by atoms with Gasteiger partial charge >= 0.3 is 0 Å². The number of hydrogen-bond donors (Lipinski definition) is 1. The van der Waals surface area contributed by atoms with Gasteiger partial charge in [-0.15, -0.1) is 11.3 Å². The Balaban J connectivity index is 1.81. The number of aromatic nitrogens is 1. The smallest absolute Gasteiger partial charge is 0.275 e. The van der Waals surface area contributed by atoms with E-state index in [2.05, 4.69) is 4.98 Å². The van der Waals surface area contributed by atoms with Gasteiger partial charge in [-0.2, -0.15) is 0 Å². The molecule has 7 heteroatoms. The molecule has 1 aromatic carbocycles. The van der Waals surface area contributed by atoms with E-state index in [1.807, 2.05) is 24.3 Å². The van der Waals surface area contributed by atoms with Crippen LogP contribution in [0.5, 0.6) is 0 Å². The number of halogens is 1. The van der Waals surface area contributed by atoms with E-state index in [0.29, 0.717) is 17.5 Å². The van der Waals surface area contributed by atoms with Crippen molar-refractivity contribution in [3.63, 3.8) is 0 Å². The van der Waals surface area contributed by atoms with E-state index >= 15 is 0 Å². The second-order valence-corrected chi connectivity index (χ2v) is 6.34. The third kappa shape index (κ3) is 2.72. The maximum atomic E-state index is 12.3. The summed E-state index contributed by atoms with van der Waals surface area (Å²) in [5.41, 5.74) is 5.68. The summed E-state index contributed by atoms with van der Waals surface area (Å²) in [6.45, 7) is 0.584. The second kappa shape index (κ2) is 6.08. The molecule has 22 heavy (non-hydrogen) atoms. The summed E-state index contributed by atoms with van der Waals surface area (Å²) in [5.74, 6) is 0.119. The van der Waals surface area contributed by atoms with Crippen LogP contribution < -0.4 is 5.73 Å². The lowest BCUT2D eigenvalue weighted by Gasteiger charge is -2.14. The SMILES string of the molecule is CN(Cc1sc2ccccc2c1Cl)C(=O)c1coc(CN)n1. The number of thiophene rings is 1. The molecule has 0 aliphatic rings. The van der Waals surface area contributed by atoms with Crippen LogP contribution in [-0.2, 0) is 13.1 Å². The van der Waals surface area contributed by atoms with E-state index in [1.54, 1.807) is 23.3 Å². The molecule has 0 aliphatic carbocycles. The molecule has 5 nitrogen and oxygen atoms in total. The summed E-state index contributed by atoms with van der Waals surface area (Å²) in [4.78, 5) is 18.9. The molecule has 0 spiro atoms. The molecular weight excluding hydrogens is 322 g/mol. The van der Waals surface area contributed by atoms with E-state index in [9.17, 15) is 4.79 Å². The van der Waals surface area contributed by atoms with Crippen LogP contribution in [-0.4, -0.2) is 22.8 Å². The third-order valence-corrected chi connectivity index (χ3v) is 4.97. The zero-order chi connectivity index (χ0) is 15.7. The summed E-state index contributed by atoms with van der Waals surface area (Å²) >= 11 is 7.99. The van der Waals surface area contributed by atoms with Gasteiger partial charge in [-0.05, 0) is 6.07 Å². The van der Waals surface area contributed by atoms with Crippen LogP contribution in [0.3, 0.4) is 0 Å². The van der Waals surface area contributed by atoms with Crippen molar-refractivity contribution in [2.24, 2.45) is 5.73 Å². The highest BCUT2D eigenvalue weighted by atomic mass is 35.5. The summed E-state index contributed by atoms with van der Waals surface area (Å²) < 4.78 is 6.21. The van der Waals surface area contributed by atoms with E-state index < -0.39 is 0 Å². The molecule has 1 amide bonds. The summed E-state index contributed by atoms with van der Waals surface area (Å²) in [6, 6.07) is 7.91. The average molecular weight is 336 g/mol. The fraction of sp³-hybridized carbons (Fsp3) is 0.200. The number of nitrogens with zero attached hydrogens (tertiary/aromatic N) is 2. The Bertz CT molecular complexity index is 827. The number of benzene rings is 1. The lowest BCUT2D eigenvalue weighted by atomic mass is 10.2. The Morgan fingerprint density at radius 2 is 2.23 bits per heavy atom. The molecule has 0 atom stereocenters. The summed E-state index contributed by atoms with van der Waals surface area (Å²) in [6.07, 6.45) is 1.33. The van der Waals surface area contributed by atoms with Crippen LogP contribution >= 0.6 is 22.9 Å². The van der Waals surface area contributed by atoms with Crippen molar-refractivity contribution in [1.29, 1.82) is 0 Å². The first-order chi connectivity index (χ1) is 10.6. The molecular formula is C15H14ClN3O2S. The topological polar surface area (TPSA) is 72.4 Å². The minimum atomic E-state index is -0.225. The quantitative estimate of drug-likeness (QED) is 0.794. The molecule has 0 saturated carbocycles. The molecule has 0 radical (unpaired) electrons. The Morgan fingerprint density at radius 1 is 1.45 bits per heavy atom. The number of amides is 1. The van der Waals surface area contributed by atoms with Crippen LogP contribution in [0.4, 0.5) is 0 Å². The predicted octanol–water partition coefficient (Wildman–Crippen LogP) is 3.27. The molecule has 0 fully saturated rings. The lowest BCUT2D eigenvalue weighted by Crippen LogP contribution is -2.26. The number of hydrogen-bond acceptors (Lipinski definition) is 5.